The summed E-state index contributed by atoms with van der Waals surface area (Å²) in [6, 6.07) is 0. The van der Waals surface area contributed by atoms with E-state index in [1.165, 1.54) is 0 Å². The molecule has 0 saturated heterocycles. The van der Waals surface area contributed by atoms with Crippen LogP contribution >= 0.6 is 0 Å². The minimum Gasteiger partial charge on any atom is -0.380 e. The first kappa shape index (κ1) is 10.9. The Bertz CT molecular complexity index is 96.2. The SMILES string of the molecule is CO[C@@H](C)CNCC(C)(C)C. The topological polar surface area (TPSA) is 21.3 Å². The van der Waals surface area contributed by atoms with Gasteiger partial charge in [0, 0.05) is 20.2 Å². The van der Waals surface area contributed by atoms with E-state index in [0.29, 0.717) is 11.5 Å². The highest BCUT2D eigenvalue weighted by molar-refractivity contribution is 4.65. The van der Waals surface area contributed by atoms with Crippen LogP contribution in [0.1, 0.15) is 27.7 Å². The number of hydrogen-bond acceptors (Lipinski definition) is 2. The van der Waals surface area contributed by atoms with Gasteiger partial charge < -0.3 is 10.1 Å². The molecule has 0 amide bonds. The average molecular weight is 159 g/mol. The van der Waals surface area contributed by atoms with Crippen LogP contribution in [0, 0.1) is 5.41 Å². The zero-order valence-electron chi connectivity index (χ0n) is 8.40. The van der Waals surface area contributed by atoms with Crippen LogP contribution in [-0.4, -0.2) is 26.3 Å². The zero-order chi connectivity index (χ0) is 8.91. The van der Waals surface area contributed by atoms with Gasteiger partial charge in [-0.05, 0) is 12.3 Å². The van der Waals surface area contributed by atoms with E-state index in [1.54, 1.807) is 7.11 Å². The van der Waals surface area contributed by atoms with Gasteiger partial charge in [0.2, 0.25) is 0 Å². The van der Waals surface area contributed by atoms with Crippen molar-refractivity contribution in [2.24, 2.45) is 5.41 Å². The molecule has 0 rings (SSSR count). The summed E-state index contributed by atoms with van der Waals surface area (Å²) >= 11 is 0. The predicted octanol–water partition coefficient (Wildman–Crippen LogP) is 1.66. The fourth-order valence-electron chi connectivity index (χ4n) is 0.734. The van der Waals surface area contributed by atoms with E-state index >= 15 is 0 Å². The normalized spacial score (nSPS) is 15.0. The summed E-state index contributed by atoms with van der Waals surface area (Å²) < 4.78 is 5.10. The molecule has 0 aliphatic heterocycles. The van der Waals surface area contributed by atoms with Crippen molar-refractivity contribution in [2.45, 2.75) is 33.8 Å². The highest BCUT2D eigenvalue weighted by Crippen LogP contribution is 2.09. The van der Waals surface area contributed by atoms with Crippen LogP contribution in [0.5, 0.6) is 0 Å². The van der Waals surface area contributed by atoms with E-state index in [1.807, 2.05) is 0 Å². The predicted molar refractivity (Wildman–Crippen MR) is 48.8 cm³/mol. The van der Waals surface area contributed by atoms with Crippen molar-refractivity contribution in [2.75, 3.05) is 20.2 Å². The summed E-state index contributed by atoms with van der Waals surface area (Å²) in [6.45, 7) is 10.7. The second kappa shape index (κ2) is 4.73. The molecule has 0 heterocycles. The first-order valence-electron chi connectivity index (χ1n) is 4.19. The van der Waals surface area contributed by atoms with Crippen molar-refractivity contribution < 1.29 is 4.74 Å². The molecule has 2 heteroatoms. The second-order valence-corrected chi connectivity index (χ2v) is 4.24. The lowest BCUT2D eigenvalue weighted by Crippen LogP contribution is -2.32. The van der Waals surface area contributed by atoms with E-state index in [2.05, 4.69) is 33.0 Å². The monoisotopic (exact) mass is 159 g/mol. The third-order valence-corrected chi connectivity index (χ3v) is 1.49. The summed E-state index contributed by atoms with van der Waals surface area (Å²) in [5.74, 6) is 0. The third kappa shape index (κ3) is 7.82. The lowest BCUT2D eigenvalue weighted by molar-refractivity contribution is 0.115. The Morgan fingerprint density at radius 2 is 1.91 bits per heavy atom. The van der Waals surface area contributed by atoms with Crippen LogP contribution in [0.15, 0.2) is 0 Å². The standard InChI is InChI=1S/C9H21NO/c1-8(11-5)6-10-7-9(2,3)4/h8,10H,6-7H2,1-5H3/t8-/m0/s1. The molecule has 11 heavy (non-hydrogen) atoms. The second-order valence-electron chi connectivity index (χ2n) is 4.24. The van der Waals surface area contributed by atoms with Crippen LogP contribution in [0.4, 0.5) is 0 Å². The van der Waals surface area contributed by atoms with Gasteiger partial charge in [-0.2, -0.15) is 0 Å². The molecule has 0 spiro atoms. The molecule has 1 N–H and O–H groups in total. The highest BCUT2D eigenvalue weighted by Gasteiger charge is 2.09. The molecule has 0 bridgehead atoms. The molecule has 0 aromatic heterocycles. The smallest absolute Gasteiger partial charge is 0.0667 e. The maximum Gasteiger partial charge on any atom is 0.0667 e. The Morgan fingerprint density at radius 3 is 2.27 bits per heavy atom. The zero-order valence-corrected chi connectivity index (χ0v) is 8.40. The highest BCUT2D eigenvalue weighted by atomic mass is 16.5. The maximum absolute atomic E-state index is 5.10. The quantitative estimate of drug-likeness (QED) is 0.673. The van der Waals surface area contributed by atoms with E-state index in [4.69, 9.17) is 4.74 Å². The van der Waals surface area contributed by atoms with Crippen LogP contribution < -0.4 is 5.32 Å². The lowest BCUT2D eigenvalue weighted by atomic mass is 9.97. The average Bonchev–Trinajstić information content (AvgIpc) is 1.85. The molecule has 0 aromatic rings. The molecular weight excluding hydrogens is 138 g/mol. The van der Waals surface area contributed by atoms with Crippen molar-refractivity contribution in [1.82, 2.24) is 5.32 Å². The minimum atomic E-state index is 0.317. The fraction of sp³-hybridized carbons (Fsp3) is 1.00. The molecule has 0 aliphatic rings. The van der Waals surface area contributed by atoms with Crippen molar-refractivity contribution in [3.8, 4) is 0 Å². The molecule has 0 aliphatic carbocycles. The summed E-state index contributed by atoms with van der Waals surface area (Å²) in [4.78, 5) is 0. The Kier molecular flexibility index (Phi) is 4.69. The van der Waals surface area contributed by atoms with Gasteiger partial charge in [0.1, 0.15) is 0 Å². The van der Waals surface area contributed by atoms with Gasteiger partial charge in [-0.1, -0.05) is 20.8 Å². The molecule has 0 fully saturated rings. The van der Waals surface area contributed by atoms with Crippen molar-refractivity contribution >= 4 is 0 Å². The van der Waals surface area contributed by atoms with E-state index in [-0.39, 0.29) is 0 Å². The molecule has 68 valence electrons. The molecule has 1 atom stereocenters. The Labute approximate surface area is 70.3 Å². The van der Waals surface area contributed by atoms with Crippen LogP contribution in [0.3, 0.4) is 0 Å². The van der Waals surface area contributed by atoms with Gasteiger partial charge in [-0.3, -0.25) is 0 Å². The molecule has 0 aromatic carbocycles. The van der Waals surface area contributed by atoms with Gasteiger partial charge in [0.15, 0.2) is 0 Å². The Balaban J connectivity index is 3.28. The summed E-state index contributed by atoms with van der Waals surface area (Å²) in [5.41, 5.74) is 0.369. The Morgan fingerprint density at radius 1 is 1.36 bits per heavy atom. The van der Waals surface area contributed by atoms with Crippen molar-refractivity contribution in [1.29, 1.82) is 0 Å². The molecule has 0 unspecified atom stereocenters. The Hall–Kier alpha value is -0.0800. The number of nitrogens with one attached hydrogen (secondary N) is 1. The summed E-state index contributed by atoms with van der Waals surface area (Å²) in [5, 5.41) is 3.35. The van der Waals surface area contributed by atoms with E-state index < -0.39 is 0 Å². The van der Waals surface area contributed by atoms with Gasteiger partial charge in [-0.25, -0.2) is 0 Å². The van der Waals surface area contributed by atoms with E-state index in [0.717, 1.165) is 13.1 Å². The number of rotatable bonds is 4. The van der Waals surface area contributed by atoms with Crippen LogP contribution in [0.2, 0.25) is 0 Å². The van der Waals surface area contributed by atoms with Gasteiger partial charge in [-0.15, -0.1) is 0 Å². The number of hydrogen-bond donors (Lipinski definition) is 1. The summed E-state index contributed by atoms with van der Waals surface area (Å²) in [7, 11) is 1.74. The first-order valence-corrected chi connectivity index (χ1v) is 4.19. The van der Waals surface area contributed by atoms with Crippen molar-refractivity contribution in [3.05, 3.63) is 0 Å². The fourth-order valence-corrected chi connectivity index (χ4v) is 0.734. The third-order valence-electron chi connectivity index (χ3n) is 1.49. The first-order chi connectivity index (χ1) is 4.95. The van der Waals surface area contributed by atoms with Gasteiger partial charge in [0.25, 0.3) is 0 Å². The molecular formula is C9H21NO. The number of ether oxygens (including phenoxy) is 1. The molecule has 2 nitrogen and oxygen atoms in total. The molecule has 0 radical (unpaired) electrons. The molecule has 0 saturated carbocycles. The lowest BCUT2D eigenvalue weighted by Gasteiger charge is -2.20. The summed E-state index contributed by atoms with van der Waals surface area (Å²) in [6.07, 6.45) is 0.317. The van der Waals surface area contributed by atoms with Crippen molar-refractivity contribution in [3.63, 3.8) is 0 Å². The maximum atomic E-state index is 5.10. The number of methoxy groups -OCH3 is 1. The minimum absolute atomic E-state index is 0.317. The van der Waals surface area contributed by atoms with Gasteiger partial charge >= 0.3 is 0 Å². The largest absolute Gasteiger partial charge is 0.380 e. The van der Waals surface area contributed by atoms with Gasteiger partial charge in [0.05, 0.1) is 6.10 Å². The van der Waals surface area contributed by atoms with Crippen LogP contribution in [-0.2, 0) is 4.74 Å². The van der Waals surface area contributed by atoms with E-state index in [9.17, 15) is 0 Å². The van der Waals surface area contributed by atoms with Crippen LogP contribution in [0.25, 0.3) is 0 Å².